The first-order valence-corrected chi connectivity index (χ1v) is 11.0. The van der Waals surface area contributed by atoms with Crippen molar-refractivity contribution >= 4 is 16.8 Å². The topological polar surface area (TPSA) is 78.9 Å². The highest BCUT2D eigenvalue weighted by Crippen LogP contribution is 2.38. The summed E-state index contributed by atoms with van der Waals surface area (Å²) in [6.07, 6.45) is 5.05. The molecule has 7 heteroatoms. The summed E-state index contributed by atoms with van der Waals surface area (Å²) in [5.74, 6) is 1.89. The lowest BCUT2D eigenvalue weighted by Crippen LogP contribution is -2.36. The van der Waals surface area contributed by atoms with Crippen molar-refractivity contribution in [2.75, 3.05) is 41.0 Å². The van der Waals surface area contributed by atoms with Gasteiger partial charge in [-0.15, -0.1) is 0 Å². The van der Waals surface area contributed by atoms with Gasteiger partial charge in [-0.25, -0.2) is 0 Å². The van der Waals surface area contributed by atoms with Gasteiger partial charge < -0.3 is 29.4 Å². The van der Waals surface area contributed by atoms with Crippen molar-refractivity contribution in [2.24, 2.45) is 5.73 Å². The second kappa shape index (κ2) is 9.53. The molecule has 4 rings (SSSR count). The van der Waals surface area contributed by atoms with Crippen LogP contribution in [0.15, 0.2) is 42.6 Å². The fourth-order valence-electron chi connectivity index (χ4n) is 4.71. The monoisotopic (exact) mass is 437 g/mol. The summed E-state index contributed by atoms with van der Waals surface area (Å²) in [5, 5.41) is 1.13. The molecular weight excluding hydrogens is 406 g/mol. The van der Waals surface area contributed by atoms with Gasteiger partial charge in [0, 0.05) is 48.5 Å². The Labute approximate surface area is 188 Å². The van der Waals surface area contributed by atoms with E-state index in [-0.39, 0.29) is 0 Å². The number of nitrogens with two attached hydrogens (primary N) is 1. The van der Waals surface area contributed by atoms with Crippen molar-refractivity contribution in [1.82, 2.24) is 9.47 Å². The largest absolute Gasteiger partial charge is 0.496 e. The van der Waals surface area contributed by atoms with Crippen LogP contribution in [0.2, 0.25) is 0 Å². The van der Waals surface area contributed by atoms with Crippen molar-refractivity contribution in [3.63, 3.8) is 0 Å². The van der Waals surface area contributed by atoms with Gasteiger partial charge in [-0.3, -0.25) is 4.79 Å². The summed E-state index contributed by atoms with van der Waals surface area (Å²) in [5.41, 5.74) is 8.14. The first-order valence-electron chi connectivity index (χ1n) is 11.0. The summed E-state index contributed by atoms with van der Waals surface area (Å²) >= 11 is 0. The number of hydrogen-bond donors (Lipinski definition) is 1. The third-order valence-electron chi connectivity index (χ3n) is 6.46. The first-order chi connectivity index (χ1) is 15.5. The van der Waals surface area contributed by atoms with E-state index < -0.39 is 5.91 Å². The maximum atomic E-state index is 11.6. The highest BCUT2D eigenvalue weighted by Gasteiger charge is 2.23. The molecule has 2 aromatic carbocycles. The first kappa shape index (κ1) is 22.0. The smallest absolute Gasteiger partial charge is 0.248 e. The summed E-state index contributed by atoms with van der Waals surface area (Å²) in [4.78, 5) is 14.1. The van der Waals surface area contributed by atoms with E-state index in [1.54, 1.807) is 27.4 Å². The predicted molar refractivity (Wildman–Crippen MR) is 125 cm³/mol. The quantitative estimate of drug-likeness (QED) is 0.582. The average molecular weight is 438 g/mol. The molecule has 1 aromatic heterocycles. The maximum absolute atomic E-state index is 11.6. The molecule has 2 heterocycles. The molecule has 1 saturated heterocycles. The molecule has 0 bridgehead atoms. The Bertz CT molecular complexity index is 1100. The zero-order valence-corrected chi connectivity index (χ0v) is 19.0. The number of fused-ring (bicyclic) bond motifs is 1. The minimum absolute atomic E-state index is 0.391. The van der Waals surface area contributed by atoms with E-state index in [4.69, 9.17) is 19.9 Å². The van der Waals surface area contributed by atoms with Gasteiger partial charge in [-0.1, -0.05) is 6.07 Å². The number of primary amides is 1. The minimum Gasteiger partial charge on any atom is -0.496 e. The number of ether oxygens (including phenoxy) is 3. The third-order valence-corrected chi connectivity index (χ3v) is 6.46. The fraction of sp³-hybridized carbons (Fsp3) is 0.400. The number of likely N-dealkylation sites (tertiary alicyclic amines) is 1. The molecule has 1 aliphatic heterocycles. The van der Waals surface area contributed by atoms with Crippen LogP contribution in [0.25, 0.3) is 10.9 Å². The average Bonchev–Trinajstić information content (AvgIpc) is 3.25. The van der Waals surface area contributed by atoms with Crippen molar-refractivity contribution in [3.05, 3.63) is 53.7 Å². The lowest BCUT2D eigenvalue weighted by Gasteiger charge is -2.33. The number of methoxy groups -OCH3 is 3. The second-order valence-corrected chi connectivity index (χ2v) is 8.17. The molecule has 3 aromatic rings. The van der Waals surface area contributed by atoms with E-state index in [9.17, 15) is 4.79 Å². The van der Waals surface area contributed by atoms with Gasteiger partial charge in [0.05, 0.1) is 21.3 Å². The molecule has 0 radical (unpaired) electrons. The fourth-order valence-corrected chi connectivity index (χ4v) is 4.71. The Morgan fingerprint density at radius 2 is 1.72 bits per heavy atom. The number of carbonyl (C=O) groups excluding carboxylic acids is 1. The normalized spacial score (nSPS) is 15.1. The van der Waals surface area contributed by atoms with Gasteiger partial charge in [0.25, 0.3) is 0 Å². The highest BCUT2D eigenvalue weighted by molar-refractivity contribution is 5.97. The Kier molecular flexibility index (Phi) is 6.55. The minimum atomic E-state index is -0.391. The summed E-state index contributed by atoms with van der Waals surface area (Å²) in [6, 6.07) is 12.0. The van der Waals surface area contributed by atoms with Gasteiger partial charge in [0.1, 0.15) is 5.75 Å². The van der Waals surface area contributed by atoms with Crippen LogP contribution in [-0.2, 0) is 6.42 Å². The predicted octanol–water partition coefficient (Wildman–Crippen LogP) is 3.65. The van der Waals surface area contributed by atoms with E-state index >= 15 is 0 Å². The van der Waals surface area contributed by atoms with E-state index in [2.05, 4.69) is 21.7 Å². The molecule has 1 aliphatic rings. The molecule has 0 saturated carbocycles. The number of hydrogen-bond acceptors (Lipinski definition) is 5. The molecule has 1 amide bonds. The number of rotatable bonds is 8. The van der Waals surface area contributed by atoms with Gasteiger partial charge in [-0.2, -0.15) is 0 Å². The maximum Gasteiger partial charge on any atom is 0.248 e. The Hall–Kier alpha value is -3.19. The lowest BCUT2D eigenvalue weighted by atomic mass is 10.0. The van der Waals surface area contributed by atoms with E-state index in [1.165, 1.54) is 0 Å². The summed E-state index contributed by atoms with van der Waals surface area (Å²) < 4.78 is 18.9. The SMILES string of the molecule is COc1ccc(OC)c(OC)c1CCN1CCC(n2ccc3ccc(C(N)=O)cc32)CC1. The summed E-state index contributed by atoms with van der Waals surface area (Å²) in [7, 11) is 4.99. The van der Waals surface area contributed by atoms with Gasteiger partial charge >= 0.3 is 0 Å². The number of amides is 1. The number of piperidine rings is 1. The van der Waals surface area contributed by atoms with Crippen LogP contribution in [0, 0.1) is 0 Å². The van der Waals surface area contributed by atoms with Crippen LogP contribution >= 0.6 is 0 Å². The Morgan fingerprint density at radius 1 is 1.00 bits per heavy atom. The molecule has 0 unspecified atom stereocenters. The van der Waals surface area contributed by atoms with Crippen molar-refractivity contribution in [1.29, 1.82) is 0 Å². The van der Waals surface area contributed by atoms with Crippen molar-refractivity contribution in [3.8, 4) is 17.2 Å². The molecule has 1 fully saturated rings. The molecular formula is C25H31N3O4. The van der Waals surface area contributed by atoms with Crippen LogP contribution in [0.3, 0.4) is 0 Å². The van der Waals surface area contributed by atoms with Crippen LogP contribution < -0.4 is 19.9 Å². The summed E-state index contributed by atoms with van der Waals surface area (Å²) in [6.45, 7) is 2.94. The second-order valence-electron chi connectivity index (χ2n) is 8.17. The highest BCUT2D eigenvalue weighted by atomic mass is 16.5. The Morgan fingerprint density at radius 3 is 2.38 bits per heavy atom. The molecule has 7 nitrogen and oxygen atoms in total. The van der Waals surface area contributed by atoms with Gasteiger partial charge in [0.15, 0.2) is 11.5 Å². The number of nitrogens with zero attached hydrogens (tertiary/aromatic N) is 2. The number of benzene rings is 2. The molecule has 32 heavy (non-hydrogen) atoms. The van der Waals surface area contributed by atoms with E-state index in [1.807, 2.05) is 24.3 Å². The standard InChI is InChI=1S/C25H31N3O4/c1-30-22-6-7-23(31-2)24(32-3)20(22)11-14-27-12-9-19(10-13-27)28-15-8-17-4-5-18(25(26)29)16-21(17)28/h4-8,15-16,19H,9-14H2,1-3H3,(H2,26,29). The van der Waals surface area contributed by atoms with E-state index in [0.717, 1.165) is 72.6 Å². The van der Waals surface area contributed by atoms with Crippen LogP contribution in [0.4, 0.5) is 0 Å². The Balaban J connectivity index is 1.43. The van der Waals surface area contributed by atoms with Crippen molar-refractivity contribution < 1.29 is 19.0 Å². The molecule has 0 spiro atoms. The molecule has 0 atom stereocenters. The zero-order valence-electron chi connectivity index (χ0n) is 19.0. The molecule has 170 valence electrons. The van der Waals surface area contributed by atoms with E-state index in [0.29, 0.717) is 11.6 Å². The molecule has 0 aliphatic carbocycles. The van der Waals surface area contributed by atoms with Gasteiger partial charge in [0.2, 0.25) is 5.91 Å². The van der Waals surface area contributed by atoms with Crippen molar-refractivity contribution in [2.45, 2.75) is 25.3 Å². The van der Waals surface area contributed by atoms with Gasteiger partial charge in [-0.05, 0) is 55.0 Å². The van der Waals surface area contributed by atoms with Crippen LogP contribution in [-0.4, -0.2) is 56.3 Å². The number of aromatic nitrogens is 1. The van der Waals surface area contributed by atoms with Crippen LogP contribution in [0.1, 0.15) is 34.8 Å². The number of carbonyl (C=O) groups is 1. The van der Waals surface area contributed by atoms with Crippen LogP contribution in [0.5, 0.6) is 17.2 Å². The zero-order chi connectivity index (χ0) is 22.7. The lowest BCUT2D eigenvalue weighted by molar-refractivity contribution is 0.100. The molecule has 2 N–H and O–H groups in total. The third kappa shape index (κ3) is 4.25.